The van der Waals surface area contributed by atoms with E-state index in [9.17, 15) is 4.79 Å². The van der Waals surface area contributed by atoms with Gasteiger partial charge in [-0.1, -0.05) is 67.0 Å². The molecule has 0 unspecified atom stereocenters. The molecule has 1 N–H and O–H groups in total. The Hall–Kier alpha value is -3.38. The molecule has 1 aliphatic rings. The van der Waals surface area contributed by atoms with E-state index in [1.807, 2.05) is 42.5 Å². The molecular weight excluding hydrogens is 492 g/mol. The van der Waals surface area contributed by atoms with Crippen molar-refractivity contribution in [1.82, 2.24) is 10.3 Å². The smallest absolute Gasteiger partial charge is 0.252 e. The van der Waals surface area contributed by atoms with Crippen molar-refractivity contribution >= 4 is 32.7 Å². The number of rotatable bonds is 4. The minimum atomic E-state index is -0.157. The molecule has 0 bridgehead atoms. The standard InChI is InChI=1S/C28H25BrN2O3/c1-28(2,3)19-7-5-18(6-8-19)24-14-22(21-13-20(29)9-10-23(21)31-24)27(32)30-15-17-4-11-25-26(12-17)34-16-33-25/h4-14H,15-16H2,1-3H3,(H,30,32). The quantitative estimate of drug-likeness (QED) is 0.331. The zero-order valence-electron chi connectivity index (χ0n) is 19.3. The molecule has 3 aromatic carbocycles. The molecule has 0 spiro atoms. The van der Waals surface area contributed by atoms with E-state index in [0.29, 0.717) is 17.9 Å². The van der Waals surface area contributed by atoms with E-state index in [0.717, 1.165) is 37.9 Å². The van der Waals surface area contributed by atoms with E-state index < -0.39 is 0 Å². The van der Waals surface area contributed by atoms with Crippen LogP contribution in [0.3, 0.4) is 0 Å². The monoisotopic (exact) mass is 516 g/mol. The molecule has 4 aromatic rings. The molecule has 2 heterocycles. The molecule has 1 amide bonds. The number of fused-ring (bicyclic) bond motifs is 2. The number of hydrogen-bond donors (Lipinski definition) is 1. The Morgan fingerprint density at radius 1 is 0.971 bits per heavy atom. The first-order chi connectivity index (χ1) is 16.3. The lowest BCUT2D eigenvalue weighted by Gasteiger charge is -2.19. The summed E-state index contributed by atoms with van der Waals surface area (Å²) in [5, 5.41) is 3.85. The lowest BCUT2D eigenvalue weighted by atomic mass is 9.86. The van der Waals surface area contributed by atoms with Gasteiger partial charge in [-0.2, -0.15) is 0 Å². The fourth-order valence-electron chi connectivity index (χ4n) is 4.00. The predicted octanol–water partition coefficient (Wildman–Crippen LogP) is 6.62. The number of pyridine rings is 1. The number of hydrogen-bond acceptors (Lipinski definition) is 4. The maximum absolute atomic E-state index is 13.3. The highest BCUT2D eigenvalue weighted by molar-refractivity contribution is 9.10. The SMILES string of the molecule is CC(C)(C)c1ccc(-c2cc(C(=O)NCc3ccc4c(c3)OCO4)c3cc(Br)ccc3n2)cc1. The van der Waals surface area contributed by atoms with Crippen LogP contribution in [0.15, 0.2) is 71.2 Å². The van der Waals surface area contributed by atoms with Gasteiger partial charge in [0.25, 0.3) is 5.91 Å². The van der Waals surface area contributed by atoms with Crippen LogP contribution in [0.25, 0.3) is 22.2 Å². The minimum Gasteiger partial charge on any atom is -0.454 e. The number of halogens is 1. The average Bonchev–Trinajstić information content (AvgIpc) is 3.29. The first-order valence-corrected chi connectivity index (χ1v) is 12.0. The molecule has 0 atom stereocenters. The molecule has 1 aromatic heterocycles. The lowest BCUT2D eigenvalue weighted by Crippen LogP contribution is -2.23. The van der Waals surface area contributed by atoms with Crippen LogP contribution in [0.1, 0.15) is 42.3 Å². The van der Waals surface area contributed by atoms with Crippen LogP contribution in [0.4, 0.5) is 0 Å². The molecule has 34 heavy (non-hydrogen) atoms. The molecule has 0 aliphatic carbocycles. The van der Waals surface area contributed by atoms with Crippen LogP contribution in [0.2, 0.25) is 0 Å². The van der Waals surface area contributed by atoms with Gasteiger partial charge in [-0.15, -0.1) is 0 Å². The summed E-state index contributed by atoms with van der Waals surface area (Å²) in [6.45, 7) is 7.18. The fourth-order valence-corrected chi connectivity index (χ4v) is 4.36. The lowest BCUT2D eigenvalue weighted by molar-refractivity contribution is 0.0952. The fraction of sp³-hybridized carbons (Fsp3) is 0.214. The van der Waals surface area contributed by atoms with E-state index in [1.54, 1.807) is 0 Å². The summed E-state index contributed by atoms with van der Waals surface area (Å²) in [6.07, 6.45) is 0. The Balaban J connectivity index is 1.47. The molecular formula is C28H25BrN2O3. The number of nitrogens with zero attached hydrogens (tertiary/aromatic N) is 1. The summed E-state index contributed by atoms with van der Waals surface area (Å²) >= 11 is 3.52. The zero-order valence-corrected chi connectivity index (χ0v) is 20.9. The predicted molar refractivity (Wildman–Crippen MR) is 137 cm³/mol. The highest BCUT2D eigenvalue weighted by atomic mass is 79.9. The van der Waals surface area contributed by atoms with Crippen molar-refractivity contribution in [2.24, 2.45) is 0 Å². The molecule has 1 aliphatic heterocycles. The van der Waals surface area contributed by atoms with Crippen LogP contribution in [0, 0.1) is 0 Å². The Kier molecular flexibility index (Phi) is 5.78. The molecule has 6 heteroatoms. The maximum atomic E-state index is 13.3. The largest absolute Gasteiger partial charge is 0.454 e. The third kappa shape index (κ3) is 4.50. The van der Waals surface area contributed by atoms with Gasteiger partial charge in [0.2, 0.25) is 6.79 Å². The van der Waals surface area contributed by atoms with Crippen molar-refractivity contribution in [3.05, 3.63) is 87.9 Å². The summed E-state index contributed by atoms with van der Waals surface area (Å²) in [6, 6.07) is 21.8. The number of carbonyl (C=O) groups excluding carboxylic acids is 1. The first-order valence-electron chi connectivity index (χ1n) is 11.2. The van der Waals surface area contributed by atoms with Gasteiger partial charge in [-0.05, 0) is 52.9 Å². The highest BCUT2D eigenvalue weighted by Crippen LogP contribution is 2.33. The Morgan fingerprint density at radius 2 is 1.74 bits per heavy atom. The third-order valence-electron chi connectivity index (χ3n) is 5.95. The van der Waals surface area contributed by atoms with Crippen LogP contribution in [-0.4, -0.2) is 17.7 Å². The number of ether oxygens (including phenoxy) is 2. The minimum absolute atomic E-state index is 0.0708. The van der Waals surface area contributed by atoms with Gasteiger partial charge >= 0.3 is 0 Å². The van der Waals surface area contributed by atoms with Gasteiger partial charge < -0.3 is 14.8 Å². The number of amides is 1. The van der Waals surface area contributed by atoms with Gasteiger partial charge in [0.15, 0.2) is 11.5 Å². The van der Waals surface area contributed by atoms with Crippen molar-refractivity contribution in [2.45, 2.75) is 32.7 Å². The summed E-state index contributed by atoms with van der Waals surface area (Å²) in [4.78, 5) is 18.2. The molecule has 5 rings (SSSR count). The average molecular weight is 517 g/mol. The second kappa shape index (κ2) is 8.76. The second-order valence-corrected chi connectivity index (χ2v) is 10.3. The Bertz CT molecular complexity index is 1390. The van der Waals surface area contributed by atoms with Crippen LogP contribution in [-0.2, 0) is 12.0 Å². The number of benzene rings is 3. The zero-order chi connectivity index (χ0) is 23.9. The van der Waals surface area contributed by atoms with E-state index in [1.165, 1.54) is 5.56 Å². The van der Waals surface area contributed by atoms with Crippen molar-refractivity contribution in [2.75, 3.05) is 6.79 Å². The Labute approximate surface area is 207 Å². The molecule has 172 valence electrons. The second-order valence-electron chi connectivity index (χ2n) is 9.41. The summed E-state index contributed by atoms with van der Waals surface area (Å²) < 4.78 is 11.7. The first kappa shape index (κ1) is 22.4. The van der Waals surface area contributed by atoms with E-state index in [-0.39, 0.29) is 18.1 Å². The topological polar surface area (TPSA) is 60.5 Å². The number of aromatic nitrogens is 1. The number of carbonyl (C=O) groups is 1. The van der Waals surface area contributed by atoms with Gasteiger partial charge in [0.05, 0.1) is 16.8 Å². The van der Waals surface area contributed by atoms with Gasteiger partial charge in [0.1, 0.15) is 0 Å². The Morgan fingerprint density at radius 3 is 2.50 bits per heavy atom. The molecule has 0 fully saturated rings. The van der Waals surface area contributed by atoms with Crippen molar-refractivity contribution in [3.63, 3.8) is 0 Å². The summed E-state index contributed by atoms with van der Waals surface area (Å²) in [5.74, 6) is 1.27. The van der Waals surface area contributed by atoms with Crippen molar-refractivity contribution < 1.29 is 14.3 Å². The van der Waals surface area contributed by atoms with Crippen molar-refractivity contribution in [3.8, 4) is 22.8 Å². The molecule has 0 saturated heterocycles. The van der Waals surface area contributed by atoms with Gasteiger partial charge in [-0.3, -0.25) is 4.79 Å². The molecule has 0 radical (unpaired) electrons. The third-order valence-corrected chi connectivity index (χ3v) is 6.45. The maximum Gasteiger partial charge on any atom is 0.252 e. The normalized spacial score (nSPS) is 12.7. The van der Waals surface area contributed by atoms with E-state index >= 15 is 0 Å². The van der Waals surface area contributed by atoms with E-state index in [4.69, 9.17) is 14.5 Å². The van der Waals surface area contributed by atoms with Gasteiger partial charge in [-0.25, -0.2) is 4.98 Å². The number of nitrogens with one attached hydrogen (secondary N) is 1. The van der Waals surface area contributed by atoms with E-state index in [2.05, 4.69) is 66.3 Å². The van der Waals surface area contributed by atoms with Crippen LogP contribution >= 0.6 is 15.9 Å². The highest BCUT2D eigenvalue weighted by Gasteiger charge is 2.18. The van der Waals surface area contributed by atoms with Crippen LogP contribution in [0.5, 0.6) is 11.5 Å². The molecule has 0 saturated carbocycles. The summed E-state index contributed by atoms with van der Waals surface area (Å²) in [7, 11) is 0. The van der Waals surface area contributed by atoms with Gasteiger partial charge in [0, 0.05) is 22.0 Å². The van der Waals surface area contributed by atoms with Crippen molar-refractivity contribution in [1.29, 1.82) is 0 Å². The molecule has 5 nitrogen and oxygen atoms in total. The van der Waals surface area contributed by atoms with Crippen LogP contribution < -0.4 is 14.8 Å². The summed E-state index contributed by atoms with van der Waals surface area (Å²) in [5.41, 5.74) is 5.36.